The van der Waals surface area contributed by atoms with Crippen molar-refractivity contribution in [3.05, 3.63) is 19.0 Å². The molecule has 13 heavy (non-hydrogen) atoms. The Morgan fingerprint density at radius 1 is 1.38 bits per heavy atom. The third-order valence-corrected chi connectivity index (χ3v) is 1.38. The molecule has 0 radical (unpaired) electrons. The second-order valence-corrected chi connectivity index (χ2v) is 2.82. The molecule has 2 atom stereocenters. The van der Waals surface area contributed by atoms with Crippen molar-refractivity contribution < 1.29 is 14.1 Å². The van der Waals surface area contributed by atoms with Crippen molar-refractivity contribution in [1.82, 2.24) is 0 Å². The first kappa shape index (κ1) is 14.7. The summed E-state index contributed by atoms with van der Waals surface area (Å²) >= 11 is 0. The van der Waals surface area contributed by atoms with Crippen LogP contribution in [0.2, 0.25) is 0 Å². The van der Waals surface area contributed by atoms with E-state index < -0.39 is 0 Å². The van der Waals surface area contributed by atoms with Crippen LogP contribution in [0.5, 0.6) is 0 Å². The summed E-state index contributed by atoms with van der Waals surface area (Å²) in [5.41, 5.74) is 0. The van der Waals surface area contributed by atoms with Gasteiger partial charge in [0.1, 0.15) is 6.10 Å². The zero-order valence-corrected chi connectivity index (χ0v) is 7.50. The van der Waals surface area contributed by atoms with Gasteiger partial charge >= 0.3 is 11.3 Å². The van der Waals surface area contributed by atoms with Crippen LogP contribution in [0, 0.1) is 6.65 Å². The van der Waals surface area contributed by atoms with E-state index in [4.69, 9.17) is 14.1 Å². The molecule has 76 valence electrons. The van der Waals surface area contributed by atoms with Gasteiger partial charge in [0.25, 0.3) is 0 Å². The SMILES string of the molecule is C.C=C1CC(C)O1.CC1CO1.[C-]#[O+]. The molecule has 0 saturated carbocycles. The predicted molar refractivity (Wildman–Crippen MR) is 50.4 cm³/mol. The predicted octanol–water partition coefficient (Wildman–Crippen LogP) is 2.31. The molecule has 0 spiro atoms. The summed E-state index contributed by atoms with van der Waals surface area (Å²) in [6.07, 6.45) is 2.08. The molecule has 0 aromatic carbocycles. The quantitative estimate of drug-likeness (QED) is 0.331. The van der Waals surface area contributed by atoms with E-state index in [0.717, 1.165) is 18.8 Å². The van der Waals surface area contributed by atoms with Gasteiger partial charge in [0.15, 0.2) is 0 Å². The number of rotatable bonds is 0. The second kappa shape index (κ2) is 7.87. The molecule has 2 fully saturated rings. The zero-order valence-electron chi connectivity index (χ0n) is 7.50. The van der Waals surface area contributed by atoms with E-state index in [1.54, 1.807) is 0 Å². The van der Waals surface area contributed by atoms with Crippen molar-refractivity contribution in [3.8, 4) is 0 Å². The molecule has 0 amide bonds. The standard InChI is InChI=1S/C5H8O.C3H6O.CO.CH4/c1-4-3-5(2)6-4;1-3-2-4-3;1-2;/h5H,1,3H2,2H3;3H,2H2,1H3;;1H4. The molecule has 2 unspecified atom stereocenters. The van der Waals surface area contributed by atoms with Gasteiger partial charge in [0.05, 0.1) is 18.5 Å². The third kappa shape index (κ3) is 9.15. The molecule has 2 heterocycles. The average Bonchev–Trinajstić information content (AvgIpc) is 2.75. The molecular weight excluding hydrogens is 168 g/mol. The monoisotopic (exact) mass is 186 g/mol. The molecule has 0 aromatic rings. The molecule has 0 bridgehead atoms. The summed E-state index contributed by atoms with van der Waals surface area (Å²) in [5.74, 6) is 0.933. The van der Waals surface area contributed by atoms with Gasteiger partial charge in [-0.15, -0.1) is 0 Å². The van der Waals surface area contributed by atoms with E-state index in [0.29, 0.717) is 12.2 Å². The van der Waals surface area contributed by atoms with Crippen LogP contribution in [-0.2, 0) is 14.1 Å². The summed E-state index contributed by atoms with van der Waals surface area (Å²) < 4.78 is 17.2. The van der Waals surface area contributed by atoms with Crippen LogP contribution in [0.15, 0.2) is 12.3 Å². The van der Waals surface area contributed by atoms with E-state index >= 15 is 0 Å². The number of epoxide rings is 1. The Balaban J connectivity index is 0. The van der Waals surface area contributed by atoms with Gasteiger partial charge in [0.2, 0.25) is 0 Å². The first-order chi connectivity index (χ1) is 5.68. The van der Waals surface area contributed by atoms with E-state index in [1.807, 2.05) is 6.92 Å². The third-order valence-electron chi connectivity index (χ3n) is 1.38. The van der Waals surface area contributed by atoms with E-state index in [-0.39, 0.29) is 7.43 Å². The van der Waals surface area contributed by atoms with Crippen LogP contribution in [-0.4, -0.2) is 18.8 Å². The first-order valence-electron chi connectivity index (χ1n) is 3.85. The van der Waals surface area contributed by atoms with Gasteiger partial charge in [0, 0.05) is 6.42 Å². The second-order valence-electron chi connectivity index (χ2n) is 2.82. The van der Waals surface area contributed by atoms with Crippen molar-refractivity contribution in [2.75, 3.05) is 6.61 Å². The van der Waals surface area contributed by atoms with Gasteiger partial charge in [-0.25, -0.2) is 0 Å². The van der Waals surface area contributed by atoms with Crippen LogP contribution >= 0.6 is 0 Å². The molecule has 2 saturated heterocycles. The Morgan fingerprint density at radius 2 is 1.69 bits per heavy atom. The fourth-order valence-corrected chi connectivity index (χ4v) is 0.692. The Labute approximate surface area is 80.4 Å². The zero-order chi connectivity index (χ0) is 9.56. The van der Waals surface area contributed by atoms with Gasteiger partial charge < -0.3 is 9.47 Å². The van der Waals surface area contributed by atoms with Gasteiger partial charge in [-0.05, 0) is 13.8 Å². The molecule has 3 heteroatoms. The fraction of sp³-hybridized carbons (Fsp3) is 0.700. The first-order valence-corrected chi connectivity index (χ1v) is 3.85. The van der Waals surface area contributed by atoms with Crippen LogP contribution in [0.25, 0.3) is 0 Å². The minimum atomic E-state index is 0. The molecule has 0 aromatic heterocycles. The van der Waals surface area contributed by atoms with Crippen LogP contribution in [0.3, 0.4) is 0 Å². The van der Waals surface area contributed by atoms with Gasteiger partial charge in [-0.1, -0.05) is 14.0 Å². The molecule has 2 aliphatic rings. The molecule has 2 aliphatic heterocycles. The van der Waals surface area contributed by atoms with Crippen LogP contribution in [0.1, 0.15) is 27.7 Å². The molecule has 0 N–H and O–H groups in total. The van der Waals surface area contributed by atoms with Crippen LogP contribution in [0.4, 0.5) is 0 Å². The van der Waals surface area contributed by atoms with E-state index in [2.05, 4.69) is 20.2 Å². The van der Waals surface area contributed by atoms with Gasteiger partial charge in [-0.2, -0.15) is 0 Å². The Kier molecular flexibility index (Phi) is 8.92. The topological polar surface area (TPSA) is 41.7 Å². The number of ether oxygens (including phenoxy) is 2. The summed E-state index contributed by atoms with van der Waals surface area (Å²) in [5, 5.41) is 0. The Morgan fingerprint density at radius 3 is 1.69 bits per heavy atom. The van der Waals surface area contributed by atoms with Crippen molar-refractivity contribution in [3.63, 3.8) is 0 Å². The number of hydrogen-bond acceptors (Lipinski definition) is 2. The Hall–Kier alpha value is -0.760. The van der Waals surface area contributed by atoms with Crippen molar-refractivity contribution in [2.24, 2.45) is 0 Å². The maximum absolute atomic E-state index is 7.50. The molecule has 2 rings (SSSR count). The fourth-order valence-electron chi connectivity index (χ4n) is 0.692. The molecule has 0 aliphatic carbocycles. The summed E-state index contributed by atoms with van der Waals surface area (Å²) in [6.45, 7) is 13.2. The normalized spacial score (nSPS) is 26.9. The van der Waals surface area contributed by atoms with Gasteiger partial charge in [-0.3, -0.25) is 0 Å². The van der Waals surface area contributed by atoms with E-state index in [1.165, 1.54) is 0 Å². The van der Waals surface area contributed by atoms with Crippen molar-refractivity contribution in [2.45, 2.75) is 39.9 Å². The van der Waals surface area contributed by atoms with Crippen LogP contribution < -0.4 is 0 Å². The average molecular weight is 186 g/mol. The van der Waals surface area contributed by atoms with E-state index in [9.17, 15) is 0 Å². The minimum absolute atomic E-state index is 0. The molecule has 3 nitrogen and oxygen atoms in total. The summed E-state index contributed by atoms with van der Waals surface area (Å²) in [7, 11) is 0. The summed E-state index contributed by atoms with van der Waals surface area (Å²) in [4.78, 5) is 0. The Bertz CT molecular complexity index is 151. The molecular formula is C10H18O3. The van der Waals surface area contributed by atoms with Crippen molar-refractivity contribution in [1.29, 1.82) is 0 Å². The van der Waals surface area contributed by atoms with Crippen molar-refractivity contribution >= 4 is 0 Å². The maximum atomic E-state index is 7.50. The summed E-state index contributed by atoms with van der Waals surface area (Å²) in [6, 6.07) is 0. The number of hydrogen-bond donors (Lipinski definition) is 0.